The van der Waals surface area contributed by atoms with E-state index in [9.17, 15) is 24.9 Å². The number of phenols is 2. The van der Waals surface area contributed by atoms with E-state index in [-0.39, 0.29) is 50.1 Å². The lowest BCUT2D eigenvalue weighted by atomic mass is 9.99. The van der Waals surface area contributed by atoms with Crippen molar-refractivity contribution < 1.29 is 77.4 Å². The van der Waals surface area contributed by atoms with E-state index in [1.165, 1.54) is 72.8 Å². The minimum atomic E-state index is -1.84. The molecule has 0 atom stereocenters. The van der Waals surface area contributed by atoms with Crippen LogP contribution in [0.4, 0.5) is 0 Å². The fourth-order valence-corrected chi connectivity index (χ4v) is 24.7. The molecule has 744 valence electrons. The Labute approximate surface area is 828 Å². The standard InChI is InChI=1S/C34H48O2Si.C31H42OSi.C16H24O5.C13H19BrO2.C13H20O3.C10H12O3/c1-9-35-24-36-34-32(17-12-18-33(34)27(6)7)23-37(8,21-28-13-10-15-30(19-28)25(2)3)22-29-14-11-16-31(20-29)26(4)5;1-22(2)27-13-8-11-25(17-27)19-33(7,20-26-12-9-14-28(18-26)23(3)4)21-29-15-10-16-30(24(5)6)31(29)32;1-5-18-10-20-15-13(12(3)4)8-7-9-14(15)16(17)21-11-19-6-2;2*1-4-15-9-16-13-11(8-14)6-5-7-12(13)10(2)3;1-6(2)7-4-3-5-8(9(7)11)10(12)13/h10-20,25-27H,9,21-24H2,1-8H3;8-18,22-24,32H,19-21H2,1-7H3;7-9,12H,5-6,10-11H2,1-4H3;5-7,10H,4,8-9H2,1-3H3;5-7,10,14H,4,8-9H2,1-3H3;3-6,11H,1-2H3,(H,12,13). The van der Waals surface area contributed by atoms with Gasteiger partial charge >= 0.3 is 11.9 Å². The Bertz CT molecular complexity index is 5000. The Balaban J connectivity index is 0.000000301. The molecule has 136 heavy (non-hydrogen) atoms. The summed E-state index contributed by atoms with van der Waals surface area (Å²) in [6.45, 7) is 62.0. The van der Waals surface area contributed by atoms with Crippen LogP contribution in [0.2, 0.25) is 13.1 Å². The summed E-state index contributed by atoms with van der Waals surface area (Å²) in [6.07, 6.45) is 0. The predicted octanol–water partition coefficient (Wildman–Crippen LogP) is 29.9. The van der Waals surface area contributed by atoms with Crippen molar-refractivity contribution in [2.24, 2.45) is 0 Å². The summed E-state index contributed by atoms with van der Waals surface area (Å²) in [4.78, 5) is 22.8. The number of rotatable bonds is 45. The lowest BCUT2D eigenvalue weighted by Gasteiger charge is -2.30. The van der Waals surface area contributed by atoms with E-state index in [0.717, 1.165) is 86.7 Å². The number of aliphatic hydroxyl groups is 1. The lowest BCUT2D eigenvalue weighted by Crippen LogP contribution is -2.40. The minimum Gasteiger partial charge on any atom is -0.507 e. The number of carboxylic acid groups (broad SMARTS) is 1. The van der Waals surface area contributed by atoms with Crippen LogP contribution in [-0.2, 0) is 76.6 Å². The molecule has 0 aliphatic carbocycles. The van der Waals surface area contributed by atoms with Crippen molar-refractivity contribution in [3.63, 3.8) is 0 Å². The van der Waals surface area contributed by atoms with Crippen LogP contribution in [0, 0.1) is 0 Å². The average molecular weight is 1960 g/mol. The van der Waals surface area contributed by atoms with Gasteiger partial charge in [0.15, 0.2) is 34.0 Å². The number of ether oxygens (including phenoxy) is 10. The largest absolute Gasteiger partial charge is 0.507 e. The molecule has 0 amide bonds. The maximum atomic E-state index is 12.1. The van der Waals surface area contributed by atoms with E-state index in [2.05, 4.69) is 291 Å². The van der Waals surface area contributed by atoms with Gasteiger partial charge in [-0.3, -0.25) is 0 Å². The molecule has 16 nitrogen and oxygen atoms in total. The molecule has 0 unspecified atom stereocenters. The van der Waals surface area contributed by atoms with E-state index in [4.69, 9.17) is 52.5 Å². The zero-order valence-corrected chi connectivity index (χ0v) is 90.8. The number of hydrogen-bond acceptors (Lipinski definition) is 15. The average Bonchev–Trinajstić information content (AvgIpc) is 0.800. The first-order chi connectivity index (χ1) is 64.7. The quantitative estimate of drug-likeness (QED) is 0.00920. The van der Waals surface area contributed by atoms with Crippen LogP contribution in [0.15, 0.2) is 206 Å². The highest BCUT2D eigenvalue weighted by Gasteiger charge is 2.34. The van der Waals surface area contributed by atoms with Gasteiger partial charge in [-0.25, -0.2) is 9.59 Å². The van der Waals surface area contributed by atoms with Gasteiger partial charge in [-0.2, -0.15) is 0 Å². The van der Waals surface area contributed by atoms with Gasteiger partial charge in [0.05, 0.1) is 22.8 Å². The number of aromatic hydroxyl groups is 2. The van der Waals surface area contributed by atoms with Gasteiger partial charge in [-0.1, -0.05) is 384 Å². The Morgan fingerprint density at radius 1 is 0.301 bits per heavy atom. The van der Waals surface area contributed by atoms with Crippen molar-refractivity contribution in [1.29, 1.82) is 0 Å². The summed E-state index contributed by atoms with van der Waals surface area (Å²) in [6, 6.07) is 78.8. The molecule has 19 heteroatoms. The third kappa shape index (κ3) is 38.8. The zero-order chi connectivity index (χ0) is 101. The molecule has 0 saturated heterocycles. The lowest BCUT2D eigenvalue weighted by molar-refractivity contribution is -0.0282. The van der Waals surface area contributed by atoms with E-state index >= 15 is 0 Å². The van der Waals surface area contributed by atoms with E-state index in [1.54, 1.807) is 18.2 Å². The first-order valence-corrected chi connectivity index (χ1v) is 56.5. The van der Waals surface area contributed by atoms with E-state index in [1.807, 2.05) is 92.6 Å². The maximum Gasteiger partial charge on any atom is 0.344 e. The molecule has 0 heterocycles. The summed E-state index contributed by atoms with van der Waals surface area (Å²) in [5.41, 5.74) is 22.6. The molecule has 10 aromatic carbocycles. The van der Waals surface area contributed by atoms with Crippen molar-refractivity contribution in [1.82, 2.24) is 0 Å². The van der Waals surface area contributed by atoms with E-state index in [0.29, 0.717) is 117 Å². The molecule has 0 fully saturated rings. The smallest absolute Gasteiger partial charge is 0.344 e. The van der Waals surface area contributed by atoms with Gasteiger partial charge in [0.2, 0.25) is 0 Å². The monoisotopic (exact) mass is 1960 g/mol. The molecule has 10 rings (SSSR count). The number of alkyl halides is 1. The minimum absolute atomic E-state index is 0.0119. The molecule has 0 spiro atoms. The molecule has 0 aromatic heterocycles. The molecular formula is C117H165BrO16Si2. The second-order valence-electron chi connectivity index (χ2n) is 38.7. The third-order valence-electron chi connectivity index (χ3n) is 23.8. The maximum absolute atomic E-state index is 12.1. The second kappa shape index (κ2) is 61.1. The van der Waals surface area contributed by atoms with Gasteiger partial charge in [-0.05, 0) is 209 Å². The highest BCUT2D eigenvalue weighted by atomic mass is 79.9. The van der Waals surface area contributed by atoms with Crippen LogP contribution in [0.1, 0.15) is 353 Å². The number of hydrogen-bond donors (Lipinski definition) is 4. The fourth-order valence-electron chi connectivity index (χ4n) is 16.3. The predicted molar refractivity (Wildman–Crippen MR) is 570 cm³/mol. The number of para-hydroxylation sites is 6. The van der Waals surface area contributed by atoms with Gasteiger partial charge in [0.25, 0.3) is 0 Å². The normalized spacial score (nSPS) is 11.4. The number of halogens is 1. The topological polar surface area (TPSA) is 207 Å². The van der Waals surface area contributed by atoms with Crippen LogP contribution in [-0.4, -0.2) is 116 Å². The number of carboxylic acids is 1. The van der Waals surface area contributed by atoms with Gasteiger partial charge in [-0.15, -0.1) is 0 Å². The Kier molecular flexibility index (Phi) is 52.6. The molecule has 0 aliphatic heterocycles. The summed E-state index contributed by atoms with van der Waals surface area (Å²) in [7, 11) is -3.68. The van der Waals surface area contributed by atoms with Crippen molar-refractivity contribution in [3.8, 4) is 34.5 Å². The fraction of sp³-hybridized carbons (Fsp3) is 0.470. The van der Waals surface area contributed by atoms with Crippen molar-refractivity contribution in [3.05, 3.63) is 318 Å². The third-order valence-corrected chi connectivity index (χ3v) is 31.9. The molecule has 4 N–H and O–H groups in total. The molecule has 10 aromatic rings. The van der Waals surface area contributed by atoms with Crippen molar-refractivity contribution in [2.75, 3.05) is 67.0 Å². The summed E-state index contributed by atoms with van der Waals surface area (Å²) in [5, 5.41) is 39.4. The number of phenolic OH excluding ortho intramolecular Hbond substituents is 1. The van der Waals surface area contributed by atoms with Gasteiger partial charge < -0.3 is 67.8 Å². The number of carbonyl (C=O) groups excluding carboxylic acids is 1. The molecule has 0 bridgehead atoms. The van der Waals surface area contributed by atoms with Crippen LogP contribution >= 0.6 is 15.9 Å². The summed E-state index contributed by atoms with van der Waals surface area (Å²) in [5.74, 6) is 6.14. The first-order valence-electron chi connectivity index (χ1n) is 49.2. The number of benzene rings is 10. The number of carbonyl (C=O) groups is 2. The van der Waals surface area contributed by atoms with Gasteiger partial charge in [0.1, 0.15) is 45.6 Å². The van der Waals surface area contributed by atoms with Gasteiger partial charge in [0, 0.05) is 49.5 Å². The van der Waals surface area contributed by atoms with E-state index < -0.39 is 28.1 Å². The van der Waals surface area contributed by atoms with Crippen molar-refractivity contribution in [2.45, 2.75) is 294 Å². The Morgan fingerprint density at radius 2 is 0.566 bits per heavy atom. The molecular weight excluding hydrogens is 1800 g/mol. The Hall–Kier alpha value is -9.39. The zero-order valence-electron chi connectivity index (χ0n) is 87.2. The Morgan fingerprint density at radius 3 is 0.890 bits per heavy atom. The number of aromatic carboxylic acids is 1. The molecule has 0 aliphatic rings. The van der Waals surface area contributed by atoms with Crippen LogP contribution in [0.5, 0.6) is 34.5 Å². The van der Waals surface area contributed by atoms with Crippen LogP contribution < -0.4 is 18.9 Å². The van der Waals surface area contributed by atoms with Crippen LogP contribution in [0.25, 0.3) is 0 Å². The highest BCUT2D eigenvalue weighted by molar-refractivity contribution is 9.08. The summed E-state index contributed by atoms with van der Waals surface area (Å²) < 4.78 is 54.6. The highest BCUT2D eigenvalue weighted by Crippen LogP contribution is 2.40. The summed E-state index contributed by atoms with van der Waals surface area (Å²) >= 11 is 3.48. The molecule has 0 saturated carbocycles. The second-order valence-corrected chi connectivity index (χ2v) is 48.6. The van der Waals surface area contributed by atoms with Crippen LogP contribution in [0.3, 0.4) is 0 Å². The number of aliphatic hydroxyl groups excluding tert-OH is 1. The number of esters is 1. The SMILES string of the molecule is CC(C)c1cccc(C(=O)O)c1O.CC(C)c1cccc(C[Si](C)(Cc2cccc(C(C)C)c2)Cc2cccc(C(C)C)c2O)c1.CCOCOC(=O)c1cccc(C(C)C)c1OCOCC.CCOCOc1c(CBr)cccc1C(C)C.CCOCOc1c(CO)cccc1C(C)C.CCOCOc1c(C[Si](C)(Cc2cccc(C(C)C)c2)Cc2cccc(C(C)C)c2)cccc1C(C)C. The molecule has 0 radical (unpaired) electrons. The first kappa shape index (κ1) is 117. The van der Waals surface area contributed by atoms with Crippen molar-refractivity contribution >= 4 is 44.0 Å².